The van der Waals surface area contributed by atoms with Crippen molar-refractivity contribution in [2.45, 2.75) is 36.5 Å². The van der Waals surface area contributed by atoms with E-state index >= 15 is 0 Å². The first-order chi connectivity index (χ1) is 24.0. The fourth-order valence-electron chi connectivity index (χ4n) is 5.10. The van der Waals surface area contributed by atoms with Gasteiger partial charge in [-0.05, 0) is 101 Å². The molecule has 4 aromatic carbocycles. The second kappa shape index (κ2) is 16.9. The maximum atomic E-state index is 13.9. The SMILES string of the molecule is CSCC[C@H](NC(=O)c1ccc(COC(Cc2ncc[nH]2)c2ccc(F)cc2)cc1-c1ccc(F)cc1)C(=O)NS(=O)(=O)c1ccc(Cl)cc1. The number of imidazole rings is 1. The molecule has 0 saturated heterocycles. The van der Waals surface area contributed by atoms with Crippen LogP contribution in [0.2, 0.25) is 5.02 Å². The van der Waals surface area contributed by atoms with Crippen molar-refractivity contribution in [1.82, 2.24) is 20.0 Å². The summed E-state index contributed by atoms with van der Waals surface area (Å²) in [7, 11) is -4.25. The van der Waals surface area contributed by atoms with Crippen LogP contribution in [0.1, 0.15) is 39.8 Å². The highest BCUT2D eigenvalue weighted by atomic mass is 35.5. The van der Waals surface area contributed by atoms with Gasteiger partial charge in [-0.25, -0.2) is 26.9 Å². The van der Waals surface area contributed by atoms with E-state index in [0.29, 0.717) is 39.7 Å². The second-order valence-corrected chi connectivity index (χ2v) is 14.3. The summed E-state index contributed by atoms with van der Waals surface area (Å²) in [6, 6.07) is 20.7. The topological polar surface area (TPSA) is 130 Å². The molecule has 5 rings (SSSR count). The molecule has 0 spiro atoms. The second-order valence-electron chi connectivity index (χ2n) is 11.2. The van der Waals surface area contributed by atoms with Gasteiger partial charge in [0.2, 0.25) is 0 Å². The van der Waals surface area contributed by atoms with Crippen molar-refractivity contribution in [1.29, 1.82) is 0 Å². The third-order valence-corrected chi connectivity index (χ3v) is 9.96. The number of nitrogens with zero attached hydrogens (tertiary/aromatic N) is 1. The zero-order valence-electron chi connectivity index (χ0n) is 26.7. The zero-order chi connectivity index (χ0) is 35.7. The summed E-state index contributed by atoms with van der Waals surface area (Å²) in [5, 5.41) is 3.03. The fourth-order valence-corrected chi connectivity index (χ4v) is 6.71. The summed E-state index contributed by atoms with van der Waals surface area (Å²) in [5.41, 5.74) is 2.56. The molecule has 0 radical (unpaired) electrons. The van der Waals surface area contributed by atoms with Gasteiger partial charge in [-0.1, -0.05) is 41.9 Å². The number of rotatable bonds is 15. The van der Waals surface area contributed by atoms with Crippen LogP contribution < -0.4 is 10.0 Å². The van der Waals surface area contributed by atoms with Crippen molar-refractivity contribution < 1.29 is 31.5 Å². The van der Waals surface area contributed by atoms with Gasteiger partial charge >= 0.3 is 0 Å². The first kappa shape index (κ1) is 36.7. The number of benzene rings is 4. The van der Waals surface area contributed by atoms with Crippen LogP contribution in [0.3, 0.4) is 0 Å². The Bertz CT molecular complexity index is 2010. The van der Waals surface area contributed by atoms with E-state index in [-0.39, 0.29) is 29.3 Å². The summed E-state index contributed by atoms with van der Waals surface area (Å²) >= 11 is 7.31. The summed E-state index contributed by atoms with van der Waals surface area (Å²) in [4.78, 5) is 34.3. The van der Waals surface area contributed by atoms with Crippen LogP contribution in [0.15, 0.2) is 108 Å². The quantitative estimate of drug-likeness (QED) is 0.107. The Kier molecular flexibility index (Phi) is 12.4. The molecule has 2 atom stereocenters. The van der Waals surface area contributed by atoms with Gasteiger partial charge in [0.15, 0.2) is 0 Å². The third kappa shape index (κ3) is 9.78. The van der Waals surface area contributed by atoms with Gasteiger partial charge in [0, 0.05) is 29.4 Å². The lowest BCUT2D eigenvalue weighted by Gasteiger charge is -2.20. The molecule has 50 heavy (non-hydrogen) atoms. The minimum Gasteiger partial charge on any atom is -0.368 e. The van der Waals surface area contributed by atoms with E-state index in [2.05, 4.69) is 20.0 Å². The van der Waals surface area contributed by atoms with Crippen LogP contribution in [0, 0.1) is 11.6 Å². The average molecular weight is 739 g/mol. The van der Waals surface area contributed by atoms with E-state index in [1.807, 2.05) is 6.26 Å². The number of nitrogens with one attached hydrogen (secondary N) is 3. The van der Waals surface area contributed by atoms with Gasteiger partial charge < -0.3 is 15.0 Å². The molecule has 0 saturated carbocycles. The fraction of sp³-hybridized carbons (Fsp3) is 0.194. The van der Waals surface area contributed by atoms with Crippen molar-refractivity contribution in [2.24, 2.45) is 0 Å². The molecule has 1 aromatic heterocycles. The van der Waals surface area contributed by atoms with Crippen LogP contribution in [-0.4, -0.2) is 48.3 Å². The molecule has 0 aliphatic heterocycles. The molecular weight excluding hydrogens is 706 g/mol. The number of aromatic amines is 1. The summed E-state index contributed by atoms with van der Waals surface area (Å²) in [6.45, 7) is 0.0974. The van der Waals surface area contributed by atoms with Gasteiger partial charge in [0.1, 0.15) is 23.5 Å². The highest BCUT2D eigenvalue weighted by Gasteiger charge is 2.27. The van der Waals surface area contributed by atoms with Crippen LogP contribution >= 0.6 is 23.4 Å². The molecule has 5 aromatic rings. The molecule has 3 N–H and O–H groups in total. The number of carbonyl (C=O) groups excluding carboxylic acids is 2. The van der Waals surface area contributed by atoms with Gasteiger partial charge in [-0.2, -0.15) is 11.8 Å². The number of halogens is 3. The van der Waals surface area contributed by atoms with Crippen molar-refractivity contribution in [2.75, 3.05) is 12.0 Å². The third-order valence-electron chi connectivity index (χ3n) is 7.70. The Labute approximate surface area is 297 Å². The van der Waals surface area contributed by atoms with Crippen molar-refractivity contribution >= 4 is 45.2 Å². The Morgan fingerprint density at radius 3 is 2.28 bits per heavy atom. The Balaban J connectivity index is 1.40. The minimum absolute atomic E-state index is 0.0974. The van der Waals surface area contributed by atoms with Crippen LogP contribution in [0.5, 0.6) is 0 Å². The molecule has 1 unspecified atom stereocenters. The number of amides is 2. The normalized spacial score (nSPS) is 12.6. The number of thioether (sulfide) groups is 1. The van der Waals surface area contributed by atoms with Crippen molar-refractivity contribution in [3.8, 4) is 11.1 Å². The molecule has 1 heterocycles. The summed E-state index contributed by atoms with van der Waals surface area (Å²) in [6.07, 6.45) is 5.19. The van der Waals surface area contributed by atoms with Crippen molar-refractivity contribution in [3.05, 3.63) is 143 Å². The Morgan fingerprint density at radius 1 is 0.960 bits per heavy atom. The van der Waals surface area contributed by atoms with Crippen LogP contribution in [0.25, 0.3) is 11.1 Å². The van der Waals surface area contributed by atoms with E-state index in [4.69, 9.17) is 16.3 Å². The summed E-state index contributed by atoms with van der Waals surface area (Å²) in [5.74, 6) is -1.25. The Hall–Kier alpha value is -4.56. The number of aromatic nitrogens is 2. The molecule has 0 aliphatic rings. The highest BCUT2D eigenvalue weighted by Crippen LogP contribution is 2.29. The predicted octanol–water partition coefficient (Wildman–Crippen LogP) is 6.87. The lowest BCUT2D eigenvalue weighted by Crippen LogP contribution is -2.48. The smallest absolute Gasteiger partial charge is 0.264 e. The molecule has 260 valence electrons. The van der Waals surface area contributed by atoms with Gasteiger partial charge in [0.25, 0.3) is 21.8 Å². The van der Waals surface area contributed by atoms with E-state index in [1.165, 1.54) is 72.4 Å². The average Bonchev–Trinajstić information content (AvgIpc) is 3.62. The molecular formula is C36H33ClF2N4O5S2. The van der Waals surface area contributed by atoms with Gasteiger partial charge in [-0.3, -0.25) is 9.59 Å². The van der Waals surface area contributed by atoms with E-state index in [9.17, 15) is 26.8 Å². The molecule has 2 amide bonds. The summed E-state index contributed by atoms with van der Waals surface area (Å²) < 4.78 is 61.8. The lowest BCUT2D eigenvalue weighted by atomic mass is 9.96. The number of ether oxygens (including phenoxy) is 1. The largest absolute Gasteiger partial charge is 0.368 e. The number of H-pyrrole nitrogens is 1. The Morgan fingerprint density at radius 2 is 1.64 bits per heavy atom. The predicted molar refractivity (Wildman–Crippen MR) is 189 cm³/mol. The maximum absolute atomic E-state index is 13.9. The molecule has 9 nitrogen and oxygen atoms in total. The van der Waals surface area contributed by atoms with E-state index in [0.717, 1.165) is 5.56 Å². The standard InChI is InChI=1S/C36H33ClF2N4O5S2/c1-49-19-16-32(36(45)43-50(46,47)29-13-7-26(37)8-14-29)42-35(44)30-15-2-23(20-31(30)24-3-9-27(38)10-4-24)22-48-33(21-34-40-17-18-41-34)25-5-11-28(39)12-6-25/h2-15,17-18,20,32-33H,16,19,21-22H2,1H3,(H,40,41)(H,42,44)(H,43,45)/t32-,33?/m0/s1. The number of sulfonamides is 1. The van der Waals surface area contributed by atoms with E-state index < -0.39 is 39.8 Å². The monoisotopic (exact) mass is 738 g/mol. The van der Waals surface area contributed by atoms with Crippen LogP contribution in [-0.2, 0) is 32.6 Å². The minimum atomic E-state index is -4.25. The number of hydrogen-bond donors (Lipinski definition) is 3. The number of carbonyl (C=O) groups is 2. The highest BCUT2D eigenvalue weighted by molar-refractivity contribution is 7.98. The lowest BCUT2D eigenvalue weighted by molar-refractivity contribution is -0.121. The van der Waals surface area contributed by atoms with E-state index in [1.54, 1.807) is 42.7 Å². The van der Waals surface area contributed by atoms with Gasteiger partial charge in [-0.15, -0.1) is 0 Å². The molecule has 0 fully saturated rings. The van der Waals surface area contributed by atoms with Crippen LogP contribution in [0.4, 0.5) is 8.78 Å². The first-order valence-corrected chi connectivity index (χ1v) is 18.6. The van der Waals surface area contributed by atoms with Gasteiger partial charge in [0.05, 0.1) is 17.6 Å². The van der Waals surface area contributed by atoms with Crippen molar-refractivity contribution in [3.63, 3.8) is 0 Å². The molecule has 14 heteroatoms. The first-order valence-electron chi connectivity index (χ1n) is 15.4. The molecule has 0 aliphatic carbocycles. The number of hydrogen-bond acceptors (Lipinski definition) is 7. The zero-order valence-corrected chi connectivity index (χ0v) is 29.1. The molecule has 0 bridgehead atoms. The maximum Gasteiger partial charge on any atom is 0.264 e.